The Labute approximate surface area is 196 Å². The third-order valence-electron chi connectivity index (χ3n) is 5.38. The summed E-state index contributed by atoms with van der Waals surface area (Å²) in [4.78, 5) is 24.7. The Bertz CT molecular complexity index is 1320. The Morgan fingerprint density at radius 3 is 2.37 bits per heavy atom. The average molecular weight is 490 g/mol. The fraction of sp³-hybridized carbons (Fsp3) is 0.304. The van der Waals surface area contributed by atoms with Crippen LogP contribution < -0.4 is 10.2 Å². The molecule has 0 radical (unpaired) electrons. The molecule has 1 unspecified atom stereocenters. The molecule has 0 aliphatic carbocycles. The quantitative estimate of drug-likeness (QED) is 0.212. The van der Waals surface area contributed by atoms with Gasteiger partial charge in [0.2, 0.25) is 6.29 Å². The van der Waals surface area contributed by atoms with Crippen molar-refractivity contribution in [3.63, 3.8) is 0 Å². The lowest BCUT2D eigenvalue weighted by Gasteiger charge is -2.38. The summed E-state index contributed by atoms with van der Waals surface area (Å²) in [7, 11) is 0. The van der Waals surface area contributed by atoms with Gasteiger partial charge in [0.05, 0.1) is 6.61 Å². The van der Waals surface area contributed by atoms with E-state index in [0.29, 0.717) is 0 Å². The number of carbonyl (C=O) groups is 1. The number of hydrogen-bond donors (Lipinski definition) is 6. The van der Waals surface area contributed by atoms with Crippen molar-refractivity contribution >= 4 is 16.9 Å². The second-order valence-corrected chi connectivity index (χ2v) is 7.76. The zero-order chi connectivity index (χ0) is 25.4. The molecule has 1 aromatic heterocycles. The maximum absolute atomic E-state index is 12.6. The van der Waals surface area contributed by atoms with E-state index in [4.69, 9.17) is 18.6 Å². The van der Waals surface area contributed by atoms with E-state index < -0.39 is 53.6 Å². The summed E-state index contributed by atoms with van der Waals surface area (Å²) in [6, 6.07) is 7.10. The molecule has 4 rings (SSSR count). The van der Waals surface area contributed by atoms with Crippen LogP contribution in [0.1, 0.15) is 6.92 Å². The van der Waals surface area contributed by atoms with Crippen LogP contribution in [0.4, 0.5) is 0 Å². The van der Waals surface area contributed by atoms with E-state index in [1.54, 1.807) is 0 Å². The van der Waals surface area contributed by atoms with Crippen molar-refractivity contribution in [3.8, 4) is 34.3 Å². The van der Waals surface area contributed by atoms with Crippen LogP contribution in [0.25, 0.3) is 22.3 Å². The van der Waals surface area contributed by atoms with Crippen molar-refractivity contribution in [1.82, 2.24) is 0 Å². The van der Waals surface area contributed by atoms with Crippen molar-refractivity contribution in [2.45, 2.75) is 37.6 Å². The molecule has 186 valence electrons. The molecule has 2 heterocycles. The highest BCUT2D eigenvalue weighted by Crippen LogP contribution is 2.35. The number of benzene rings is 2. The minimum atomic E-state index is -1.82. The average Bonchev–Trinajstić information content (AvgIpc) is 2.80. The largest absolute Gasteiger partial charge is 0.507 e. The van der Waals surface area contributed by atoms with Crippen molar-refractivity contribution in [2.24, 2.45) is 0 Å². The summed E-state index contributed by atoms with van der Waals surface area (Å²) in [5, 5.41) is 59.9. The first-order valence-corrected chi connectivity index (χ1v) is 10.5. The Morgan fingerprint density at radius 1 is 0.943 bits per heavy atom. The number of aromatic hydroxyl groups is 3. The van der Waals surface area contributed by atoms with Gasteiger partial charge >= 0.3 is 5.97 Å². The highest BCUT2D eigenvalue weighted by Gasteiger charge is 2.48. The second kappa shape index (κ2) is 9.43. The molecule has 1 saturated heterocycles. The number of aliphatic hydroxyl groups excluding tert-OH is 3. The van der Waals surface area contributed by atoms with Gasteiger partial charge in [-0.15, -0.1) is 0 Å². The maximum atomic E-state index is 12.6. The molecule has 1 aliphatic heterocycles. The highest BCUT2D eigenvalue weighted by atomic mass is 16.7. The van der Waals surface area contributed by atoms with Crippen LogP contribution in [0, 0.1) is 0 Å². The van der Waals surface area contributed by atoms with E-state index in [2.05, 4.69) is 0 Å². The topological polar surface area (TPSA) is 196 Å². The number of carbonyl (C=O) groups excluding carboxylic acids is 1. The predicted octanol–water partition coefficient (Wildman–Crippen LogP) is 0.326. The lowest BCUT2D eigenvalue weighted by atomic mass is 9.99. The Balaban J connectivity index is 1.69. The molecule has 1 fully saturated rings. The number of esters is 1. The van der Waals surface area contributed by atoms with Gasteiger partial charge in [-0.1, -0.05) is 0 Å². The van der Waals surface area contributed by atoms with Crippen LogP contribution in [-0.2, 0) is 14.3 Å². The van der Waals surface area contributed by atoms with E-state index >= 15 is 0 Å². The third-order valence-corrected chi connectivity index (χ3v) is 5.38. The molecule has 5 atom stereocenters. The van der Waals surface area contributed by atoms with Crippen LogP contribution >= 0.6 is 0 Å². The van der Waals surface area contributed by atoms with Crippen LogP contribution in [0.15, 0.2) is 45.6 Å². The van der Waals surface area contributed by atoms with E-state index in [1.807, 2.05) is 0 Å². The van der Waals surface area contributed by atoms with Gasteiger partial charge in [-0.3, -0.25) is 4.79 Å². The maximum Gasteiger partial charge on any atom is 0.338 e. The number of phenols is 3. The van der Waals surface area contributed by atoms with Crippen molar-refractivity contribution in [1.29, 1.82) is 0 Å². The van der Waals surface area contributed by atoms with Gasteiger partial charge in [0.15, 0.2) is 23.0 Å². The van der Waals surface area contributed by atoms with Gasteiger partial charge in [-0.05, 0) is 25.1 Å². The SMILES string of the molecule is CCOC(=O)[C@H]1OC(Oc2cc(O)c3c(=O)cc(-c4ccc(O)c(O)c4)oc3c2)[C@H](O)[C@@H](O)[C@@H]1O. The standard InChI is InChI=1S/C23H22O12/c1-2-32-22(31)21-19(29)18(28)20(30)23(35-21)33-10-6-13(26)17-14(27)8-15(34-16(17)7-10)9-3-4-11(24)12(25)5-9/h3-8,18-21,23-26,28-30H,2H2,1H3/t18-,19-,20+,21-,23?/m0/s1. The monoisotopic (exact) mass is 490 g/mol. The summed E-state index contributed by atoms with van der Waals surface area (Å²) in [6.45, 7) is 1.51. The second-order valence-electron chi connectivity index (χ2n) is 7.76. The van der Waals surface area contributed by atoms with Gasteiger partial charge in [-0.2, -0.15) is 0 Å². The molecule has 2 aromatic carbocycles. The summed E-state index contributed by atoms with van der Waals surface area (Å²) in [5.74, 6) is -2.48. The lowest BCUT2D eigenvalue weighted by molar-refractivity contribution is -0.272. The van der Waals surface area contributed by atoms with E-state index in [-0.39, 0.29) is 40.4 Å². The Hall–Kier alpha value is -3.84. The van der Waals surface area contributed by atoms with Crippen molar-refractivity contribution in [3.05, 3.63) is 46.6 Å². The van der Waals surface area contributed by atoms with Gasteiger partial charge in [0, 0.05) is 23.8 Å². The molecule has 0 spiro atoms. The van der Waals surface area contributed by atoms with Crippen molar-refractivity contribution < 1.29 is 54.1 Å². The number of fused-ring (bicyclic) bond motifs is 1. The van der Waals surface area contributed by atoms with Gasteiger partial charge < -0.3 is 49.3 Å². The number of ether oxygens (including phenoxy) is 3. The molecular formula is C23H22O12. The first kappa shape index (κ1) is 24.3. The van der Waals surface area contributed by atoms with E-state index in [9.17, 15) is 40.2 Å². The molecule has 3 aromatic rings. The normalized spacial score (nSPS) is 24.3. The molecule has 12 heteroatoms. The molecule has 0 bridgehead atoms. The highest BCUT2D eigenvalue weighted by molar-refractivity contribution is 5.86. The van der Waals surface area contributed by atoms with Crippen LogP contribution in [0.5, 0.6) is 23.0 Å². The van der Waals surface area contributed by atoms with Gasteiger partial charge in [0.1, 0.15) is 46.5 Å². The summed E-state index contributed by atoms with van der Waals surface area (Å²) in [6.07, 6.45) is -8.70. The fourth-order valence-corrected chi connectivity index (χ4v) is 3.63. The van der Waals surface area contributed by atoms with E-state index in [0.717, 1.165) is 12.1 Å². The van der Waals surface area contributed by atoms with E-state index in [1.165, 1.54) is 31.2 Å². The van der Waals surface area contributed by atoms with Crippen LogP contribution in [0.3, 0.4) is 0 Å². The molecular weight excluding hydrogens is 468 g/mol. The molecule has 35 heavy (non-hydrogen) atoms. The van der Waals surface area contributed by atoms with Gasteiger partial charge in [0.25, 0.3) is 0 Å². The molecule has 6 N–H and O–H groups in total. The van der Waals surface area contributed by atoms with Gasteiger partial charge in [-0.25, -0.2) is 4.79 Å². The molecule has 12 nitrogen and oxygen atoms in total. The van der Waals surface area contributed by atoms with Crippen LogP contribution in [-0.4, -0.2) is 73.9 Å². The summed E-state index contributed by atoms with van der Waals surface area (Å²) < 4.78 is 21.3. The lowest BCUT2D eigenvalue weighted by Crippen LogP contribution is -2.61. The zero-order valence-electron chi connectivity index (χ0n) is 18.2. The Kier molecular flexibility index (Phi) is 6.54. The number of phenolic OH excluding ortho intramolecular Hbond substituents is 3. The minimum absolute atomic E-state index is 0.00391. The Morgan fingerprint density at radius 2 is 1.69 bits per heavy atom. The number of aliphatic hydroxyl groups is 3. The predicted molar refractivity (Wildman–Crippen MR) is 117 cm³/mol. The summed E-state index contributed by atoms with van der Waals surface area (Å²) >= 11 is 0. The first-order valence-electron chi connectivity index (χ1n) is 10.5. The number of rotatable bonds is 5. The molecule has 0 saturated carbocycles. The number of hydrogen-bond acceptors (Lipinski definition) is 12. The third kappa shape index (κ3) is 4.59. The smallest absolute Gasteiger partial charge is 0.338 e. The van der Waals surface area contributed by atoms with Crippen LogP contribution in [0.2, 0.25) is 0 Å². The zero-order valence-corrected chi connectivity index (χ0v) is 18.2. The first-order chi connectivity index (χ1) is 16.6. The molecule has 1 aliphatic rings. The van der Waals surface area contributed by atoms with Crippen molar-refractivity contribution in [2.75, 3.05) is 6.61 Å². The summed E-state index contributed by atoms with van der Waals surface area (Å²) in [5.41, 5.74) is -0.499. The minimum Gasteiger partial charge on any atom is -0.507 e. The fourth-order valence-electron chi connectivity index (χ4n) is 3.63. The molecule has 0 amide bonds.